The maximum atomic E-state index is 12.1. The summed E-state index contributed by atoms with van der Waals surface area (Å²) in [5, 5.41) is 9.77. The summed E-state index contributed by atoms with van der Waals surface area (Å²) in [5.41, 5.74) is 1.20. The molecule has 2 heterocycles. The maximum absolute atomic E-state index is 12.1. The Morgan fingerprint density at radius 2 is 2.14 bits per heavy atom. The topological polar surface area (TPSA) is 83.3 Å². The van der Waals surface area contributed by atoms with Gasteiger partial charge < -0.3 is 20.1 Å². The Kier molecular flexibility index (Phi) is 5.48. The van der Waals surface area contributed by atoms with Gasteiger partial charge in [-0.2, -0.15) is 0 Å². The molecule has 7 nitrogen and oxygen atoms in total. The molecule has 0 spiro atoms. The Morgan fingerprint density at radius 3 is 2.82 bits per heavy atom. The van der Waals surface area contributed by atoms with Gasteiger partial charge in [-0.1, -0.05) is 5.16 Å². The van der Waals surface area contributed by atoms with Gasteiger partial charge in [0, 0.05) is 18.8 Å². The standard InChI is InChI=1S/C15H21N5O2/c1-11-7-14(19-22-11)18-13-8-12(9-16-10-13)15(21)17-5-4-6-20(2)3/h7-10H,4-6H2,1-3H3,(H,17,21)(H,18,19). The molecule has 2 aromatic rings. The molecule has 0 saturated heterocycles. The van der Waals surface area contributed by atoms with Gasteiger partial charge in [-0.05, 0) is 40.1 Å². The molecule has 0 bridgehead atoms. The van der Waals surface area contributed by atoms with Gasteiger partial charge in [-0.15, -0.1) is 0 Å². The predicted molar refractivity (Wildman–Crippen MR) is 84.3 cm³/mol. The van der Waals surface area contributed by atoms with Crippen molar-refractivity contribution in [2.24, 2.45) is 0 Å². The van der Waals surface area contributed by atoms with Crippen LogP contribution in [0, 0.1) is 6.92 Å². The molecule has 0 radical (unpaired) electrons. The van der Waals surface area contributed by atoms with E-state index in [1.165, 1.54) is 0 Å². The molecule has 0 saturated carbocycles. The number of hydrogen-bond donors (Lipinski definition) is 2. The van der Waals surface area contributed by atoms with E-state index in [0.717, 1.165) is 13.0 Å². The average Bonchev–Trinajstić information content (AvgIpc) is 2.88. The first-order valence-corrected chi connectivity index (χ1v) is 7.13. The maximum Gasteiger partial charge on any atom is 0.252 e. The van der Waals surface area contributed by atoms with E-state index >= 15 is 0 Å². The van der Waals surface area contributed by atoms with E-state index in [9.17, 15) is 4.79 Å². The van der Waals surface area contributed by atoms with Crippen molar-refractivity contribution in [2.75, 3.05) is 32.5 Å². The van der Waals surface area contributed by atoms with E-state index in [4.69, 9.17) is 4.52 Å². The number of nitrogens with zero attached hydrogens (tertiary/aromatic N) is 3. The Bertz CT molecular complexity index is 624. The second-order valence-corrected chi connectivity index (χ2v) is 5.32. The molecule has 0 atom stereocenters. The molecule has 22 heavy (non-hydrogen) atoms. The molecule has 0 aliphatic heterocycles. The first kappa shape index (κ1) is 16.0. The zero-order valence-electron chi connectivity index (χ0n) is 13.1. The summed E-state index contributed by atoms with van der Waals surface area (Å²) in [7, 11) is 4.01. The van der Waals surface area contributed by atoms with Crippen LogP contribution in [-0.4, -0.2) is 48.1 Å². The highest BCUT2D eigenvalue weighted by Crippen LogP contribution is 2.16. The number of aromatic nitrogens is 2. The number of carbonyl (C=O) groups is 1. The molecule has 1 amide bonds. The minimum absolute atomic E-state index is 0.133. The molecule has 118 valence electrons. The molecule has 7 heteroatoms. The Balaban J connectivity index is 1.91. The van der Waals surface area contributed by atoms with E-state index in [2.05, 4.69) is 25.7 Å². The summed E-state index contributed by atoms with van der Waals surface area (Å²) >= 11 is 0. The van der Waals surface area contributed by atoms with Gasteiger partial charge in [0.05, 0.1) is 17.4 Å². The summed E-state index contributed by atoms with van der Waals surface area (Å²) in [6.07, 6.45) is 4.08. The monoisotopic (exact) mass is 303 g/mol. The van der Waals surface area contributed by atoms with E-state index in [1.54, 1.807) is 24.5 Å². The third kappa shape index (κ3) is 4.85. The quantitative estimate of drug-likeness (QED) is 0.759. The highest BCUT2D eigenvalue weighted by molar-refractivity contribution is 5.94. The fourth-order valence-electron chi connectivity index (χ4n) is 1.90. The molecule has 0 unspecified atom stereocenters. The summed E-state index contributed by atoms with van der Waals surface area (Å²) in [4.78, 5) is 18.2. The molecule has 2 N–H and O–H groups in total. The van der Waals surface area contributed by atoms with E-state index in [-0.39, 0.29) is 5.91 Å². The van der Waals surface area contributed by atoms with Crippen molar-refractivity contribution in [1.29, 1.82) is 0 Å². The van der Waals surface area contributed by atoms with Crippen molar-refractivity contribution in [3.63, 3.8) is 0 Å². The van der Waals surface area contributed by atoms with Crippen molar-refractivity contribution in [3.8, 4) is 0 Å². The van der Waals surface area contributed by atoms with Crippen LogP contribution in [0.2, 0.25) is 0 Å². The minimum atomic E-state index is -0.133. The highest BCUT2D eigenvalue weighted by Gasteiger charge is 2.08. The second-order valence-electron chi connectivity index (χ2n) is 5.32. The Hall–Kier alpha value is -2.41. The van der Waals surface area contributed by atoms with Crippen LogP contribution in [0.5, 0.6) is 0 Å². The predicted octanol–water partition coefficient (Wildman–Crippen LogP) is 1.80. The van der Waals surface area contributed by atoms with Gasteiger partial charge in [0.15, 0.2) is 5.82 Å². The van der Waals surface area contributed by atoms with Crippen LogP contribution < -0.4 is 10.6 Å². The van der Waals surface area contributed by atoms with Gasteiger partial charge >= 0.3 is 0 Å². The number of carbonyl (C=O) groups excluding carboxylic acids is 1. The summed E-state index contributed by atoms with van der Waals surface area (Å²) in [6.45, 7) is 3.39. The largest absolute Gasteiger partial charge is 0.360 e. The average molecular weight is 303 g/mol. The number of amides is 1. The SMILES string of the molecule is Cc1cc(Nc2cncc(C(=O)NCCCN(C)C)c2)no1. The van der Waals surface area contributed by atoms with Gasteiger partial charge in [0.25, 0.3) is 5.91 Å². The van der Waals surface area contributed by atoms with Gasteiger partial charge in [-0.25, -0.2) is 0 Å². The molecule has 2 rings (SSSR count). The lowest BCUT2D eigenvalue weighted by Gasteiger charge is -2.10. The number of hydrogen-bond acceptors (Lipinski definition) is 6. The number of pyridine rings is 1. The van der Waals surface area contributed by atoms with Crippen LogP contribution >= 0.6 is 0 Å². The third-order valence-electron chi connectivity index (χ3n) is 2.97. The molecule has 0 fully saturated rings. The second kappa shape index (κ2) is 7.56. The molecular weight excluding hydrogens is 282 g/mol. The lowest BCUT2D eigenvalue weighted by Crippen LogP contribution is -2.27. The van der Waals surface area contributed by atoms with Crippen LogP contribution in [0.3, 0.4) is 0 Å². The van der Waals surface area contributed by atoms with Crippen LogP contribution in [-0.2, 0) is 0 Å². The first-order chi connectivity index (χ1) is 10.5. The number of aryl methyl sites for hydroxylation is 1. The molecule has 0 aliphatic carbocycles. The third-order valence-corrected chi connectivity index (χ3v) is 2.97. The van der Waals surface area contributed by atoms with Crippen molar-refractivity contribution < 1.29 is 9.32 Å². The summed E-state index contributed by atoms with van der Waals surface area (Å²) in [6, 6.07) is 3.51. The lowest BCUT2D eigenvalue weighted by atomic mass is 10.2. The highest BCUT2D eigenvalue weighted by atomic mass is 16.5. The van der Waals surface area contributed by atoms with Gasteiger partial charge in [-0.3, -0.25) is 9.78 Å². The van der Waals surface area contributed by atoms with Crippen LogP contribution in [0.25, 0.3) is 0 Å². The fourth-order valence-corrected chi connectivity index (χ4v) is 1.90. The number of anilines is 2. The Labute approximate surface area is 129 Å². The van der Waals surface area contributed by atoms with Gasteiger partial charge in [0.1, 0.15) is 5.76 Å². The van der Waals surface area contributed by atoms with Crippen molar-refractivity contribution in [1.82, 2.24) is 20.4 Å². The zero-order chi connectivity index (χ0) is 15.9. The Morgan fingerprint density at radius 1 is 1.32 bits per heavy atom. The van der Waals surface area contributed by atoms with Crippen molar-refractivity contribution >= 4 is 17.4 Å². The van der Waals surface area contributed by atoms with Crippen LogP contribution in [0.1, 0.15) is 22.5 Å². The van der Waals surface area contributed by atoms with E-state index in [0.29, 0.717) is 29.4 Å². The smallest absolute Gasteiger partial charge is 0.252 e. The molecule has 2 aromatic heterocycles. The summed E-state index contributed by atoms with van der Waals surface area (Å²) < 4.78 is 4.98. The van der Waals surface area contributed by atoms with E-state index < -0.39 is 0 Å². The van der Waals surface area contributed by atoms with E-state index in [1.807, 2.05) is 21.0 Å². The zero-order valence-corrected chi connectivity index (χ0v) is 13.1. The fraction of sp³-hybridized carbons (Fsp3) is 0.400. The van der Waals surface area contributed by atoms with Crippen LogP contribution in [0.15, 0.2) is 29.0 Å². The molecule has 0 aliphatic rings. The number of nitrogens with one attached hydrogen (secondary N) is 2. The van der Waals surface area contributed by atoms with Crippen LogP contribution in [0.4, 0.5) is 11.5 Å². The lowest BCUT2D eigenvalue weighted by molar-refractivity contribution is 0.0952. The molecule has 0 aromatic carbocycles. The van der Waals surface area contributed by atoms with Gasteiger partial charge in [0.2, 0.25) is 0 Å². The van der Waals surface area contributed by atoms with Crippen molar-refractivity contribution in [2.45, 2.75) is 13.3 Å². The summed E-state index contributed by atoms with van der Waals surface area (Å²) in [5.74, 6) is 1.17. The number of rotatable bonds is 7. The minimum Gasteiger partial charge on any atom is -0.360 e. The van der Waals surface area contributed by atoms with Crippen molar-refractivity contribution in [3.05, 3.63) is 35.9 Å². The molecular formula is C15H21N5O2. The first-order valence-electron chi connectivity index (χ1n) is 7.13. The normalized spacial score (nSPS) is 10.7.